The SMILES string of the molecule is Nc1ccc(CC(=O)N2CCCC2CCCO)nc1. The number of carbonyl (C=O) groups is 1. The van der Waals surface area contributed by atoms with Gasteiger partial charge in [0.2, 0.25) is 5.91 Å². The van der Waals surface area contributed by atoms with Gasteiger partial charge in [-0.3, -0.25) is 9.78 Å². The topological polar surface area (TPSA) is 79.5 Å². The summed E-state index contributed by atoms with van der Waals surface area (Å²) in [5.74, 6) is 0.123. The van der Waals surface area contributed by atoms with Gasteiger partial charge >= 0.3 is 0 Å². The number of pyridine rings is 1. The fourth-order valence-corrected chi connectivity index (χ4v) is 2.59. The number of aromatic nitrogens is 1. The molecule has 1 aliphatic heterocycles. The van der Waals surface area contributed by atoms with E-state index < -0.39 is 0 Å². The van der Waals surface area contributed by atoms with E-state index in [2.05, 4.69) is 4.98 Å². The van der Waals surface area contributed by atoms with Crippen molar-refractivity contribution in [3.05, 3.63) is 24.0 Å². The third-order valence-electron chi connectivity index (χ3n) is 3.57. The van der Waals surface area contributed by atoms with Crippen molar-refractivity contribution in [3.8, 4) is 0 Å². The van der Waals surface area contributed by atoms with Gasteiger partial charge in [-0.25, -0.2) is 0 Å². The minimum Gasteiger partial charge on any atom is -0.397 e. The van der Waals surface area contributed by atoms with Crippen LogP contribution in [0.4, 0.5) is 5.69 Å². The van der Waals surface area contributed by atoms with Crippen LogP contribution < -0.4 is 5.73 Å². The van der Waals surface area contributed by atoms with Crippen molar-refractivity contribution < 1.29 is 9.90 Å². The Labute approximate surface area is 113 Å². The summed E-state index contributed by atoms with van der Waals surface area (Å²) in [6, 6.07) is 3.85. The van der Waals surface area contributed by atoms with Crippen LogP contribution in [0.3, 0.4) is 0 Å². The van der Waals surface area contributed by atoms with Crippen molar-refractivity contribution in [1.82, 2.24) is 9.88 Å². The standard InChI is InChI=1S/C14H21N3O2/c15-11-5-6-12(16-10-11)9-14(19)17-7-1-3-13(17)4-2-8-18/h5-6,10,13,18H,1-4,7-9,15H2. The number of aliphatic hydroxyl groups excluding tert-OH is 1. The number of likely N-dealkylation sites (tertiary alicyclic amines) is 1. The van der Waals surface area contributed by atoms with Gasteiger partial charge in [-0.1, -0.05) is 0 Å². The quantitative estimate of drug-likeness (QED) is 0.829. The van der Waals surface area contributed by atoms with Gasteiger partial charge in [-0.2, -0.15) is 0 Å². The Hall–Kier alpha value is -1.62. The van der Waals surface area contributed by atoms with Crippen molar-refractivity contribution in [1.29, 1.82) is 0 Å². The Morgan fingerprint density at radius 1 is 1.53 bits per heavy atom. The predicted molar refractivity (Wildman–Crippen MR) is 73.4 cm³/mol. The van der Waals surface area contributed by atoms with Crippen LogP contribution in [0.1, 0.15) is 31.4 Å². The maximum atomic E-state index is 12.3. The maximum absolute atomic E-state index is 12.3. The molecule has 1 aromatic rings. The lowest BCUT2D eigenvalue weighted by Crippen LogP contribution is -2.36. The summed E-state index contributed by atoms with van der Waals surface area (Å²) in [7, 11) is 0. The van der Waals surface area contributed by atoms with E-state index in [4.69, 9.17) is 10.8 Å². The molecule has 0 spiro atoms. The summed E-state index contributed by atoms with van der Waals surface area (Å²) in [5.41, 5.74) is 6.94. The first-order valence-corrected chi connectivity index (χ1v) is 6.81. The maximum Gasteiger partial charge on any atom is 0.228 e. The largest absolute Gasteiger partial charge is 0.397 e. The highest BCUT2D eigenvalue weighted by atomic mass is 16.3. The summed E-state index contributed by atoms with van der Waals surface area (Å²) in [6.45, 7) is 1.02. The molecule has 1 unspecified atom stereocenters. The molecule has 19 heavy (non-hydrogen) atoms. The fourth-order valence-electron chi connectivity index (χ4n) is 2.59. The van der Waals surface area contributed by atoms with E-state index in [1.165, 1.54) is 0 Å². The molecular weight excluding hydrogens is 242 g/mol. The summed E-state index contributed by atoms with van der Waals surface area (Å²) in [5, 5.41) is 8.89. The van der Waals surface area contributed by atoms with Gasteiger partial charge in [0, 0.05) is 24.9 Å². The molecule has 1 aliphatic rings. The molecule has 3 N–H and O–H groups in total. The van der Waals surface area contributed by atoms with Crippen molar-refractivity contribution in [3.63, 3.8) is 0 Å². The number of amides is 1. The van der Waals surface area contributed by atoms with Crippen molar-refractivity contribution >= 4 is 11.6 Å². The molecule has 1 aromatic heterocycles. The molecule has 0 bridgehead atoms. The van der Waals surface area contributed by atoms with E-state index in [0.29, 0.717) is 12.1 Å². The molecule has 1 amide bonds. The minimum absolute atomic E-state index is 0.123. The smallest absolute Gasteiger partial charge is 0.228 e. The summed E-state index contributed by atoms with van der Waals surface area (Å²) in [6.07, 6.45) is 5.65. The van der Waals surface area contributed by atoms with Crippen molar-refractivity contribution in [2.24, 2.45) is 0 Å². The molecule has 2 rings (SSSR count). The third kappa shape index (κ3) is 3.67. The van der Waals surface area contributed by atoms with E-state index in [9.17, 15) is 4.79 Å². The van der Waals surface area contributed by atoms with E-state index in [1.54, 1.807) is 18.3 Å². The number of aliphatic hydroxyl groups is 1. The highest BCUT2D eigenvalue weighted by molar-refractivity contribution is 5.79. The third-order valence-corrected chi connectivity index (χ3v) is 3.57. The lowest BCUT2D eigenvalue weighted by atomic mass is 10.1. The number of nitrogens with zero attached hydrogens (tertiary/aromatic N) is 2. The number of anilines is 1. The minimum atomic E-state index is 0.123. The zero-order chi connectivity index (χ0) is 13.7. The Kier molecular flexibility index (Phi) is 4.74. The first-order chi connectivity index (χ1) is 9.20. The zero-order valence-electron chi connectivity index (χ0n) is 11.1. The number of nitrogen functional groups attached to an aromatic ring is 1. The second-order valence-corrected chi connectivity index (χ2v) is 5.01. The molecule has 0 saturated carbocycles. The van der Waals surface area contributed by atoms with E-state index >= 15 is 0 Å². The highest BCUT2D eigenvalue weighted by Gasteiger charge is 2.28. The lowest BCUT2D eigenvalue weighted by Gasteiger charge is -2.24. The number of carbonyl (C=O) groups excluding carboxylic acids is 1. The van der Waals surface area contributed by atoms with Crippen LogP contribution in [0.2, 0.25) is 0 Å². The van der Waals surface area contributed by atoms with Crippen LogP contribution in [-0.4, -0.2) is 40.1 Å². The number of hydrogen-bond donors (Lipinski definition) is 2. The second kappa shape index (κ2) is 6.52. The average Bonchev–Trinajstić information content (AvgIpc) is 2.87. The molecule has 1 fully saturated rings. The van der Waals surface area contributed by atoms with Gasteiger partial charge in [0.1, 0.15) is 0 Å². The molecule has 5 nitrogen and oxygen atoms in total. The number of nitrogens with two attached hydrogens (primary N) is 1. The van der Waals surface area contributed by atoms with Crippen LogP contribution in [0.15, 0.2) is 18.3 Å². The van der Waals surface area contributed by atoms with Gasteiger partial charge in [0.05, 0.1) is 18.3 Å². The van der Waals surface area contributed by atoms with E-state index in [-0.39, 0.29) is 18.6 Å². The number of hydrogen-bond acceptors (Lipinski definition) is 4. The van der Waals surface area contributed by atoms with Gasteiger partial charge < -0.3 is 15.7 Å². The summed E-state index contributed by atoms with van der Waals surface area (Å²) in [4.78, 5) is 18.4. The summed E-state index contributed by atoms with van der Waals surface area (Å²) < 4.78 is 0. The van der Waals surface area contributed by atoms with Crippen LogP contribution in [0.25, 0.3) is 0 Å². The molecule has 0 aliphatic carbocycles. The monoisotopic (exact) mass is 263 g/mol. The van der Waals surface area contributed by atoms with E-state index in [1.807, 2.05) is 4.90 Å². The van der Waals surface area contributed by atoms with E-state index in [0.717, 1.165) is 37.9 Å². The molecule has 1 saturated heterocycles. The van der Waals surface area contributed by atoms with Gasteiger partial charge in [-0.15, -0.1) is 0 Å². The highest BCUT2D eigenvalue weighted by Crippen LogP contribution is 2.22. The lowest BCUT2D eigenvalue weighted by molar-refractivity contribution is -0.131. The normalized spacial score (nSPS) is 18.8. The van der Waals surface area contributed by atoms with Crippen LogP contribution >= 0.6 is 0 Å². The Bertz CT molecular complexity index is 419. The van der Waals surface area contributed by atoms with Gasteiger partial charge in [-0.05, 0) is 37.8 Å². The van der Waals surface area contributed by atoms with Crippen LogP contribution in [0.5, 0.6) is 0 Å². The van der Waals surface area contributed by atoms with Crippen molar-refractivity contribution in [2.45, 2.75) is 38.1 Å². The Balaban J connectivity index is 1.93. The number of rotatable bonds is 5. The Morgan fingerprint density at radius 3 is 3.05 bits per heavy atom. The van der Waals surface area contributed by atoms with Gasteiger partial charge in [0.25, 0.3) is 0 Å². The van der Waals surface area contributed by atoms with Gasteiger partial charge in [0.15, 0.2) is 0 Å². The summed E-state index contributed by atoms with van der Waals surface area (Å²) >= 11 is 0. The second-order valence-electron chi connectivity index (χ2n) is 5.01. The first-order valence-electron chi connectivity index (χ1n) is 6.81. The van der Waals surface area contributed by atoms with Crippen molar-refractivity contribution in [2.75, 3.05) is 18.9 Å². The zero-order valence-corrected chi connectivity index (χ0v) is 11.1. The predicted octanol–water partition coefficient (Wildman–Crippen LogP) is 0.970. The first kappa shape index (κ1) is 13.8. The fraction of sp³-hybridized carbons (Fsp3) is 0.571. The molecule has 5 heteroatoms. The molecule has 0 aromatic carbocycles. The van der Waals surface area contributed by atoms with Crippen LogP contribution in [-0.2, 0) is 11.2 Å². The molecule has 104 valence electrons. The molecule has 0 radical (unpaired) electrons. The molecule has 2 heterocycles. The van der Waals surface area contributed by atoms with Crippen LogP contribution in [0, 0.1) is 0 Å². The Morgan fingerprint density at radius 2 is 2.37 bits per heavy atom. The molecular formula is C14H21N3O2. The average molecular weight is 263 g/mol. The molecule has 1 atom stereocenters.